The average Bonchev–Trinajstić information content (AvgIpc) is 3.51. The Bertz CT molecular complexity index is 1270. The fourth-order valence-corrected chi connectivity index (χ4v) is 4.64. The van der Waals surface area contributed by atoms with E-state index < -0.39 is 11.8 Å². The van der Waals surface area contributed by atoms with Crippen LogP contribution in [0.25, 0.3) is 10.9 Å². The Balaban J connectivity index is 1.18. The van der Waals surface area contributed by atoms with Crippen LogP contribution in [0.2, 0.25) is 0 Å². The van der Waals surface area contributed by atoms with Gasteiger partial charge in [-0.25, -0.2) is 0 Å². The normalized spacial score (nSPS) is 15.5. The van der Waals surface area contributed by atoms with Gasteiger partial charge in [0.05, 0.1) is 6.04 Å². The highest BCUT2D eigenvalue weighted by atomic mass is 16.2. The molecule has 2 amide bonds. The average molecular weight is 442 g/mol. The number of carbonyl (C=O) groups is 2. The van der Waals surface area contributed by atoms with Gasteiger partial charge >= 0.3 is 11.8 Å². The van der Waals surface area contributed by atoms with Crippen molar-refractivity contribution in [3.05, 3.63) is 84.2 Å². The van der Waals surface area contributed by atoms with Gasteiger partial charge < -0.3 is 15.2 Å². The molecule has 1 atom stereocenters. The molecule has 1 saturated heterocycles. The molecule has 5 rings (SSSR count). The Labute approximate surface area is 192 Å². The molecule has 1 unspecified atom stereocenters. The Morgan fingerprint density at radius 2 is 1.76 bits per heavy atom. The molecule has 7 nitrogen and oxygen atoms in total. The van der Waals surface area contributed by atoms with Crippen molar-refractivity contribution < 1.29 is 9.59 Å². The minimum Gasteiger partial charge on any atom is -0.361 e. The molecular formula is C26H27N5O2. The van der Waals surface area contributed by atoms with Gasteiger partial charge in [-0.3, -0.25) is 14.3 Å². The van der Waals surface area contributed by atoms with Crippen molar-refractivity contribution in [3.63, 3.8) is 0 Å². The van der Waals surface area contributed by atoms with Gasteiger partial charge in [0.2, 0.25) is 0 Å². The van der Waals surface area contributed by atoms with E-state index in [9.17, 15) is 9.59 Å². The molecule has 1 fully saturated rings. The zero-order valence-electron chi connectivity index (χ0n) is 18.6. The minimum absolute atomic E-state index is 0.0242. The van der Waals surface area contributed by atoms with E-state index in [0.717, 1.165) is 23.9 Å². The summed E-state index contributed by atoms with van der Waals surface area (Å²) < 4.78 is 1.78. The second-order valence-corrected chi connectivity index (χ2v) is 8.58. The molecule has 2 aromatic carbocycles. The first-order valence-electron chi connectivity index (χ1n) is 11.4. The van der Waals surface area contributed by atoms with Crippen molar-refractivity contribution >= 4 is 28.5 Å². The van der Waals surface area contributed by atoms with Crippen LogP contribution in [-0.2, 0) is 9.59 Å². The third kappa shape index (κ3) is 4.26. The predicted molar refractivity (Wildman–Crippen MR) is 128 cm³/mol. The van der Waals surface area contributed by atoms with Gasteiger partial charge in [0.25, 0.3) is 0 Å². The van der Waals surface area contributed by atoms with E-state index >= 15 is 0 Å². The number of aromatic nitrogens is 3. The molecular weight excluding hydrogens is 414 g/mol. The molecule has 7 heteroatoms. The fraction of sp³-hybridized carbons (Fsp3) is 0.269. The summed E-state index contributed by atoms with van der Waals surface area (Å²) in [7, 11) is 0. The number of nitrogens with one attached hydrogen (secondary N) is 2. The number of H-pyrrole nitrogens is 1. The Morgan fingerprint density at radius 3 is 2.55 bits per heavy atom. The zero-order valence-corrected chi connectivity index (χ0v) is 18.6. The summed E-state index contributed by atoms with van der Waals surface area (Å²) in [6.07, 6.45) is 5.56. The van der Waals surface area contributed by atoms with Crippen LogP contribution in [0.15, 0.2) is 73.1 Å². The van der Waals surface area contributed by atoms with E-state index in [0.29, 0.717) is 24.8 Å². The monoisotopic (exact) mass is 441 g/mol. The molecule has 33 heavy (non-hydrogen) atoms. The summed E-state index contributed by atoms with van der Waals surface area (Å²) in [5.41, 5.74) is 3.54. The number of likely N-dealkylation sites (tertiary alicyclic amines) is 1. The lowest BCUT2D eigenvalue weighted by Gasteiger charge is -2.31. The molecule has 1 aliphatic heterocycles. The highest BCUT2D eigenvalue weighted by Gasteiger charge is 2.29. The number of nitrogens with zero attached hydrogens (tertiary/aromatic N) is 3. The van der Waals surface area contributed by atoms with Gasteiger partial charge in [0, 0.05) is 42.5 Å². The summed E-state index contributed by atoms with van der Waals surface area (Å²) in [5, 5.41) is 8.34. The Morgan fingerprint density at radius 1 is 1.03 bits per heavy atom. The number of hydrogen-bond donors (Lipinski definition) is 2. The molecule has 0 aliphatic carbocycles. The first-order chi connectivity index (χ1) is 16.1. The molecule has 3 heterocycles. The maximum atomic E-state index is 12.7. The first-order valence-corrected chi connectivity index (χ1v) is 11.4. The van der Waals surface area contributed by atoms with E-state index in [2.05, 4.69) is 33.7 Å². The van der Waals surface area contributed by atoms with Crippen LogP contribution in [0, 0.1) is 0 Å². The first kappa shape index (κ1) is 21.0. The summed E-state index contributed by atoms with van der Waals surface area (Å²) in [6, 6.07) is 20.0. The molecule has 0 radical (unpaired) electrons. The number of anilines is 1. The highest BCUT2D eigenvalue weighted by Crippen LogP contribution is 2.33. The van der Waals surface area contributed by atoms with E-state index in [4.69, 9.17) is 0 Å². The maximum Gasteiger partial charge on any atom is 0.315 e. The SMILES string of the molecule is CC(c1ccccc1)n1ccc(NC(=O)C(=O)N2CCC(c3c[nH]c4ccccc34)CC2)n1. The maximum absolute atomic E-state index is 12.7. The number of benzene rings is 2. The quantitative estimate of drug-likeness (QED) is 0.463. The summed E-state index contributed by atoms with van der Waals surface area (Å²) in [4.78, 5) is 30.3. The third-order valence-corrected chi connectivity index (χ3v) is 6.57. The number of piperidine rings is 1. The zero-order chi connectivity index (χ0) is 22.8. The Kier molecular flexibility index (Phi) is 5.69. The number of carbonyl (C=O) groups excluding carboxylic acids is 2. The van der Waals surface area contributed by atoms with Crippen molar-refractivity contribution in [1.82, 2.24) is 19.7 Å². The lowest BCUT2D eigenvalue weighted by Crippen LogP contribution is -2.43. The van der Waals surface area contributed by atoms with Gasteiger partial charge in [0.1, 0.15) is 0 Å². The number of amides is 2. The topological polar surface area (TPSA) is 83.0 Å². The summed E-state index contributed by atoms with van der Waals surface area (Å²) in [6.45, 7) is 3.17. The van der Waals surface area contributed by atoms with Crippen LogP contribution >= 0.6 is 0 Å². The van der Waals surface area contributed by atoms with Crippen molar-refractivity contribution in [2.75, 3.05) is 18.4 Å². The van der Waals surface area contributed by atoms with Crippen LogP contribution in [0.4, 0.5) is 5.82 Å². The van der Waals surface area contributed by atoms with E-state index in [1.807, 2.05) is 55.6 Å². The molecule has 4 aromatic rings. The van der Waals surface area contributed by atoms with Crippen LogP contribution < -0.4 is 5.32 Å². The lowest BCUT2D eigenvalue weighted by atomic mass is 9.89. The number of hydrogen-bond acceptors (Lipinski definition) is 3. The van der Waals surface area contributed by atoms with Gasteiger partial charge in [-0.05, 0) is 42.9 Å². The molecule has 0 spiro atoms. The number of rotatable bonds is 4. The lowest BCUT2D eigenvalue weighted by molar-refractivity contribution is -0.143. The molecule has 1 aliphatic rings. The fourth-order valence-electron chi connectivity index (χ4n) is 4.64. The van der Waals surface area contributed by atoms with E-state index in [1.54, 1.807) is 15.6 Å². The van der Waals surface area contributed by atoms with Crippen LogP contribution in [0.3, 0.4) is 0 Å². The van der Waals surface area contributed by atoms with Crippen LogP contribution in [0.1, 0.15) is 42.9 Å². The van der Waals surface area contributed by atoms with Crippen molar-refractivity contribution in [2.24, 2.45) is 0 Å². The van der Waals surface area contributed by atoms with E-state index in [-0.39, 0.29) is 6.04 Å². The van der Waals surface area contributed by atoms with Crippen LogP contribution in [-0.4, -0.2) is 44.6 Å². The second kappa shape index (κ2) is 8.94. The summed E-state index contributed by atoms with van der Waals surface area (Å²) >= 11 is 0. The number of fused-ring (bicyclic) bond motifs is 1. The molecule has 2 aromatic heterocycles. The van der Waals surface area contributed by atoms with Gasteiger partial charge in [-0.15, -0.1) is 0 Å². The van der Waals surface area contributed by atoms with Crippen molar-refractivity contribution in [3.8, 4) is 0 Å². The van der Waals surface area contributed by atoms with E-state index in [1.165, 1.54) is 10.9 Å². The minimum atomic E-state index is -0.641. The molecule has 168 valence electrons. The number of aromatic amines is 1. The van der Waals surface area contributed by atoms with Gasteiger partial charge in [-0.1, -0.05) is 48.5 Å². The summed E-state index contributed by atoms with van der Waals surface area (Å²) in [5.74, 6) is -0.385. The standard InChI is InChI=1S/C26H27N5O2/c1-18(19-7-3-2-4-8-19)31-16-13-24(29-31)28-25(32)26(33)30-14-11-20(12-15-30)22-17-27-23-10-6-5-9-21(22)23/h2-10,13,16-18,20,27H,11-12,14-15H2,1H3,(H,28,29,32). The largest absolute Gasteiger partial charge is 0.361 e. The number of para-hydroxylation sites is 1. The van der Waals surface area contributed by atoms with Crippen LogP contribution in [0.5, 0.6) is 0 Å². The molecule has 2 N–H and O–H groups in total. The predicted octanol–water partition coefficient (Wildman–Crippen LogP) is 4.32. The second-order valence-electron chi connectivity index (χ2n) is 8.58. The third-order valence-electron chi connectivity index (χ3n) is 6.57. The molecule has 0 saturated carbocycles. The van der Waals surface area contributed by atoms with Crippen molar-refractivity contribution in [1.29, 1.82) is 0 Å². The highest BCUT2D eigenvalue weighted by molar-refractivity contribution is 6.39. The molecule has 0 bridgehead atoms. The smallest absolute Gasteiger partial charge is 0.315 e. The van der Waals surface area contributed by atoms with Gasteiger partial charge in [-0.2, -0.15) is 5.10 Å². The van der Waals surface area contributed by atoms with Gasteiger partial charge in [0.15, 0.2) is 5.82 Å². The Hall–Kier alpha value is -3.87. The van der Waals surface area contributed by atoms with Crippen molar-refractivity contribution in [2.45, 2.75) is 31.7 Å².